The van der Waals surface area contributed by atoms with Crippen molar-refractivity contribution in [2.45, 2.75) is 5.41 Å². The van der Waals surface area contributed by atoms with E-state index in [0.29, 0.717) is 0 Å². The van der Waals surface area contributed by atoms with Gasteiger partial charge >= 0.3 is 0 Å². The largest absolute Gasteiger partial charge is 0.292 e. The van der Waals surface area contributed by atoms with E-state index in [2.05, 4.69) is 199 Å². The van der Waals surface area contributed by atoms with E-state index in [9.17, 15) is 0 Å². The standard InChI is InChI=1S/C52H32N2/c1-2-13-33(14-3-1)51-53-49-23-10-11-24-50(49)54(51)40-18-12-17-34(28-40)37-25-26-38-30-44-43-29-35-15-4-5-16-36(35)31-47(43)52(48(44)32-39(38)27-37)45-21-8-6-19-41(45)42-20-7-9-22-46(42)52/h1-32H. The molecule has 0 aliphatic heterocycles. The van der Waals surface area contributed by atoms with E-state index in [0.717, 1.165) is 28.1 Å². The minimum absolute atomic E-state index is 0.400. The molecule has 54 heavy (non-hydrogen) atoms. The molecule has 1 heterocycles. The smallest absolute Gasteiger partial charge is 0.145 e. The highest BCUT2D eigenvalue weighted by Crippen LogP contribution is 2.63. The van der Waals surface area contributed by atoms with Gasteiger partial charge in [0.2, 0.25) is 0 Å². The summed E-state index contributed by atoms with van der Waals surface area (Å²) in [5, 5.41) is 5.04. The molecule has 0 unspecified atom stereocenters. The number of nitrogens with zero attached hydrogens (tertiary/aromatic N) is 2. The molecule has 0 atom stereocenters. The minimum Gasteiger partial charge on any atom is -0.292 e. The molecule has 9 aromatic carbocycles. The van der Waals surface area contributed by atoms with Gasteiger partial charge in [-0.3, -0.25) is 4.57 Å². The Morgan fingerprint density at radius 1 is 0.352 bits per heavy atom. The quantitative estimate of drug-likeness (QED) is 0.181. The molecule has 0 radical (unpaired) electrons. The van der Waals surface area contributed by atoms with Crippen LogP contribution in [0, 0.1) is 0 Å². The maximum Gasteiger partial charge on any atom is 0.145 e. The number of benzene rings is 9. The van der Waals surface area contributed by atoms with Crippen LogP contribution in [-0.4, -0.2) is 9.55 Å². The zero-order valence-electron chi connectivity index (χ0n) is 29.4. The lowest BCUT2D eigenvalue weighted by Crippen LogP contribution is -2.25. The van der Waals surface area contributed by atoms with Crippen LogP contribution in [0.3, 0.4) is 0 Å². The van der Waals surface area contributed by atoms with Crippen LogP contribution in [0.2, 0.25) is 0 Å². The Balaban J connectivity index is 1.08. The van der Waals surface area contributed by atoms with Gasteiger partial charge in [-0.1, -0.05) is 140 Å². The van der Waals surface area contributed by atoms with Gasteiger partial charge in [0.05, 0.1) is 16.4 Å². The second-order valence-electron chi connectivity index (χ2n) is 14.7. The maximum absolute atomic E-state index is 5.10. The van der Waals surface area contributed by atoms with E-state index in [-0.39, 0.29) is 0 Å². The van der Waals surface area contributed by atoms with E-state index in [4.69, 9.17) is 4.98 Å². The first-order valence-corrected chi connectivity index (χ1v) is 18.7. The zero-order chi connectivity index (χ0) is 35.4. The SMILES string of the molecule is c1ccc(-c2nc3ccccc3n2-c2cccc(-c3ccc4cc5c(cc4c3)C3(c4ccccc4-c4ccccc43)c3cc4ccccc4cc3-5)c2)cc1. The lowest BCUT2D eigenvalue weighted by molar-refractivity contribution is 0.796. The summed E-state index contributed by atoms with van der Waals surface area (Å²) < 4.78 is 2.29. The van der Waals surface area contributed by atoms with Crippen LogP contribution in [0.25, 0.3) is 83.0 Å². The van der Waals surface area contributed by atoms with Gasteiger partial charge in [-0.15, -0.1) is 0 Å². The van der Waals surface area contributed by atoms with Crippen molar-refractivity contribution in [1.82, 2.24) is 9.55 Å². The van der Waals surface area contributed by atoms with Crippen LogP contribution in [0.4, 0.5) is 0 Å². The summed E-state index contributed by atoms with van der Waals surface area (Å²) in [6, 6.07) is 71.5. The molecule has 0 amide bonds. The predicted octanol–water partition coefficient (Wildman–Crippen LogP) is 13.0. The van der Waals surface area contributed by atoms with E-state index >= 15 is 0 Å². The minimum atomic E-state index is -0.400. The summed E-state index contributed by atoms with van der Waals surface area (Å²) >= 11 is 0. The Morgan fingerprint density at radius 3 is 1.69 bits per heavy atom. The molecule has 10 aromatic rings. The van der Waals surface area contributed by atoms with Crippen LogP contribution in [-0.2, 0) is 5.41 Å². The summed E-state index contributed by atoms with van der Waals surface area (Å²) in [6.45, 7) is 0. The summed E-state index contributed by atoms with van der Waals surface area (Å²) in [5.74, 6) is 0.942. The Bertz CT molecular complexity index is 3120. The average molecular weight is 685 g/mol. The molecule has 1 spiro atoms. The first kappa shape index (κ1) is 29.5. The Labute approximate surface area is 313 Å². The lowest BCUT2D eigenvalue weighted by Gasteiger charge is -2.30. The lowest BCUT2D eigenvalue weighted by atomic mass is 9.70. The maximum atomic E-state index is 5.10. The van der Waals surface area contributed by atoms with E-state index in [1.165, 1.54) is 77.2 Å². The van der Waals surface area contributed by atoms with E-state index < -0.39 is 5.41 Å². The highest BCUT2D eigenvalue weighted by atomic mass is 15.1. The van der Waals surface area contributed by atoms with Gasteiger partial charge in [0.1, 0.15) is 5.82 Å². The predicted molar refractivity (Wildman–Crippen MR) is 223 cm³/mol. The second-order valence-corrected chi connectivity index (χ2v) is 14.7. The number of hydrogen-bond donors (Lipinski definition) is 0. The number of hydrogen-bond acceptors (Lipinski definition) is 1. The monoisotopic (exact) mass is 684 g/mol. The van der Waals surface area contributed by atoms with Crippen molar-refractivity contribution in [3.8, 4) is 50.5 Å². The average Bonchev–Trinajstić information content (AvgIpc) is 3.86. The fraction of sp³-hybridized carbons (Fsp3) is 0.0192. The third kappa shape index (κ3) is 3.97. The van der Waals surface area contributed by atoms with Crippen molar-refractivity contribution < 1.29 is 0 Å². The van der Waals surface area contributed by atoms with Gasteiger partial charge < -0.3 is 0 Å². The van der Waals surface area contributed by atoms with Gasteiger partial charge in [-0.05, 0) is 132 Å². The molecule has 0 fully saturated rings. The third-order valence-corrected chi connectivity index (χ3v) is 11.9. The van der Waals surface area contributed by atoms with Crippen LogP contribution < -0.4 is 0 Å². The van der Waals surface area contributed by atoms with Crippen LogP contribution >= 0.6 is 0 Å². The molecule has 2 heteroatoms. The van der Waals surface area contributed by atoms with Gasteiger partial charge in [0.25, 0.3) is 0 Å². The molecule has 0 saturated heterocycles. The zero-order valence-corrected chi connectivity index (χ0v) is 29.4. The number of imidazole rings is 1. The first-order valence-electron chi connectivity index (χ1n) is 18.7. The fourth-order valence-electron chi connectivity index (χ4n) is 9.64. The number of rotatable bonds is 3. The molecule has 2 aliphatic rings. The van der Waals surface area contributed by atoms with Gasteiger partial charge in [-0.2, -0.15) is 0 Å². The van der Waals surface area contributed by atoms with Crippen molar-refractivity contribution in [2.24, 2.45) is 0 Å². The number of aromatic nitrogens is 2. The molecule has 1 aromatic heterocycles. The summed E-state index contributed by atoms with van der Waals surface area (Å²) in [5.41, 5.74) is 17.0. The van der Waals surface area contributed by atoms with Crippen molar-refractivity contribution >= 4 is 32.6 Å². The molecule has 2 nitrogen and oxygen atoms in total. The second kappa shape index (κ2) is 11.0. The van der Waals surface area contributed by atoms with Gasteiger partial charge in [-0.25, -0.2) is 4.98 Å². The van der Waals surface area contributed by atoms with E-state index in [1.54, 1.807) is 0 Å². The van der Waals surface area contributed by atoms with Crippen molar-refractivity contribution in [1.29, 1.82) is 0 Å². The Morgan fingerprint density at radius 2 is 0.926 bits per heavy atom. The Hall–Kier alpha value is -7.03. The molecular weight excluding hydrogens is 653 g/mol. The Kier molecular flexibility index (Phi) is 6.01. The molecular formula is C52H32N2. The third-order valence-electron chi connectivity index (χ3n) is 11.9. The topological polar surface area (TPSA) is 17.8 Å². The van der Waals surface area contributed by atoms with E-state index in [1.807, 2.05) is 0 Å². The highest BCUT2D eigenvalue weighted by molar-refractivity contribution is 6.03. The fourth-order valence-corrected chi connectivity index (χ4v) is 9.64. The van der Waals surface area contributed by atoms with Crippen molar-refractivity contribution in [3.05, 3.63) is 216 Å². The van der Waals surface area contributed by atoms with Crippen LogP contribution in [0.15, 0.2) is 194 Å². The molecule has 250 valence electrons. The summed E-state index contributed by atoms with van der Waals surface area (Å²) in [6.07, 6.45) is 0. The van der Waals surface area contributed by atoms with Crippen LogP contribution in [0.1, 0.15) is 22.3 Å². The number of fused-ring (bicyclic) bond motifs is 13. The molecule has 12 rings (SSSR count). The molecule has 2 aliphatic carbocycles. The first-order chi connectivity index (χ1) is 26.8. The number of para-hydroxylation sites is 2. The normalized spacial score (nSPS) is 13.3. The summed E-state index contributed by atoms with van der Waals surface area (Å²) in [4.78, 5) is 5.10. The van der Waals surface area contributed by atoms with Gasteiger partial charge in [0, 0.05) is 11.3 Å². The van der Waals surface area contributed by atoms with Crippen molar-refractivity contribution in [2.75, 3.05) is 0 Å². The molecule has 0 N–H and O–H groups in total. The summed E-state index contributed by atoms with van der Waals surface area (Å²) in [7, 11) is 0. The molecule has 0 bridgehead atoms. The highest BCUT2D eigenvalue weighted by Gasteiger charge is 2.51. The van der Waals surface area contributed by atoms with Gasteiger partial charge in [0.15, 0.2) is 0 Å². The van der Waals surface area contributed by atoms with Crippen molar-refractivity contribution in [3.63, 3.8) is 0 Å². The van der Waals surface area contributed by atoms with Crippen LogP contribution in [0.5, 0.6) is 0 Å². The molecule has 0 saturated carbocycles.